The van der Waals surface area contributed by atoms with Gasteiger partial charge in [-0.05, 0) is 49.4 Å². The van der Waals surface area contributed by atoms with Crippen molar-refractivity contribution in [3.05, 3.63) is 24.3 Å². The van der Waals surface area contributed by atoms with Crippen LogP contribution in [0, 0.1) is 5.92 Å². The van der Waals surface area contributed by atoms with E-state index in [0.29, 0.717) is 12.2 Å². The third kappa shape index (κ3) is 4.18. The zero-order valence-corrected chi connectivity index (χ0v) is 14.5. The van der Waals surface area contributed by atoms with Crippen LogP contribution < -0.4 is 15.0 Å². The van der Waals surface area contributed by atoms with E-state index in [1.54, 1.807) is 29.2 Å². The lowest BCUT2D eigenvalue weighted by Gasteiger charge is -2.22. The molecule has 1 aliphatic carbocycles. The fourth-order valence-electron chi connectivity index (χ4n) is 3.67. The number of nitrogens with zero attached hydrogens (tertiary/aromatic N) is 1. The lowest BCUT2D eigenvalue weighted by Crippen LogP contribution is -2.46. The molecule has 2 amide bonds. The molecule has 1 saturated carbocycles. The van der Waals surface area contributed by atoms with Crippen molar-refractivity contribution in [1.82, 2.24) is 5.32 Å². The molecule has 1 aliphatic heterocycles. The first-order valence-electron chi connectivity index (χ1n) is 8.94. The van der Waals surface area contributed by atoms with Crippen molar-refractivity contribution in [1.29, 1.82) is 0 Å². The van der Waals surface area contributed by atoms with Gasteiger partial charge in [0.1, 0.15) is 11.8 Å². The Hall–Kier alpha value is -2.37. The summed E-state index contributed by atoms with van der Waals surface area (Å²) in [6.45, 7) is 2.14. The van der Waals surface area contributed by atoms with Crippen molar-refractivity contribution < 1.29 is 19.1 Å². The Morgan fingerprint density at radius 1 is 1.16 bits per heavy atom. The normalized spacial score (nSPS) is 19.1. The molecule has 1 unspecified atom stereocenters. The van der Waals surface area contributed by atoms with Gasteiger partial charge in [-0.1, -0.05) is 12.8 Å². The molecule has 134 valence electrons. The highest BCUT2D eigenvalue weighted by Crippen LogP contribution is 2.29. The van der Waals surface area contributed by atoms with E-state index in [-0.39, 0.29) is 17.7 Å². The van der Waals surface area contributed by atoms with Crippen molar-refractivity contribution in [2.24, 2.45) is 5.92 Å². The summed E-state index contributed by atoms with van der Waals surface area (Å²) in [6.07, 6.45) is 5.46. The first kappa shape index (κ1) is 17.5. The van der Waals surface area contributed by atoms with Crippen LogP contribution in [0.25, 0.3) is 0 Å². The summed E-state index contributed by atoms with van der Waals surface area (Å²) in [6, 6.07) is 6.36. The minimum atomic E-state index is -0.597. The number of anilines is 1. The van der Waals surface area contributed by atoms with Crippen molar-refractivity contribution >= 4 is 23.5 Å². The SMILES string of the molecule is CC(=O)NC(C(=O)Oc1ccc(N2CCCC2=O)cc1)C1CCCC1. The van der Waals surface area contributed by atoms with Gasteiger partial charge in [-0.3, -0.25) is 9.59 Å². The molecule has 2 aliphatic rings. The van der Waals surface area contributed by atoms with E-state index in [0.717, 1.165) is 44.3 Å². The maximum atomic E-state index is 12.5. The highest BCUT2D eigenvalue weighted by atomic mass is 16.5. The minimum absolute atomic E-state index is 0.122. The van der Waals surface area contributed by atoms with E-state index >= 15 is 0 Å². The second kappa shape index (κ2) is 7.68. The van der Waals surface area contributed by atoms with Crippen LogP contribution in [0.2, 0.25) is 0 Å². The predicted molar refractivity (Wildman–Crippen MR) is 93.2 cm³/mol. The Morgan fingerprint density at radius 2 is 1.84 bits per heavy atom. The summed E-state index contributed by atoms with van der Waals surface area (Å²) < 4.78 is 5.48. The van der Waals surface area contributed by atoms with Crippen LogP contribution in [0.1, 0.15) is 45.4 Å². The first-order chi connectivity index (χ1) is 12.0. The lowest BCUT2D eigenvalue weighted by atomic mass is 9.98. The predicted octanol–water partition coefficient (Wildman–Crippen LogP) is 2.41. The van der Waals surface area contributed by atoms with Crippen LogP contribution in [-0.4, -0.2) is 30.4 Å². The maximum absolute atomic E-state index is 12.5. The average Bonchev–Trinajstić information content (AvgIpc) is 3.25. The van der Waals surface area contributed by atoms with Crippen LogP contribution >= 0.6 is 0 Å². The molecule has 0 spiro atoms. The van der Waals surface area contributed by atoms with Gasteiger partial charge in [-0.2, -0.15) is 0 Å². The smallest absolute Gasteiger partial charge is 0.334 e. The van der Waals surface area contributed by atoms with Crippen molar-refractivity contribution in [2.75, 3.05) is 11.4 Å². The number of carbonyl (C=O) groups excluding carboxylic acids is 3. The van der Waals surface area contributed by atoms with Gasteiger partial charge in [0.15, 0.2) is 0 Å². The van der Waals surface area contributed by atoms with Gasteiger partial charge in [-0.25, -0.2) is 4.79 Å². The summed E-state index contributed by atoms with van der Waals surface area (Å²) in [5.74, 6) is 0.0344. The number of rotatable bonds is 5. The molecule has 6 heteroatoms. The molecule has 0 radical (unpaired) electrons. The number of amides is 2. The fourth-order valence-corrected chi connectivity index (χ4v) is 3.67. The minimum Gasteiger partial charge on any atom is -0.425 e. The third-order valence-corrected chi connectivity index (χ3v) is 4.92. The average molecular weight is 344 g/mol. The summed E-state index contributed by atoms with van der Waals surface area (Å²) in [5.41, 5.74) is 0.816. The van der Waals surface area contributed by atoms with Crippen LogP contribution in [0.4, 0.5) is 5.69 Å². The molecule has 2 fully saturated rings. The second-order valence-electron chi connectivity index (χ2n) is 6.79. The summed E-state index contributed by atoms with van der Waals surface area (Å²) in [4.78, 5) is 37.5. The zero-order chi connectivity index (χ0) is 17.8. The van der Waals surface area contributed by atoms with Crippen molar-refractivity contribution in [3.63, 3.8) is 0 Å². The number of ether oxygens (including phenoxy) is 1. The Morgan fingerprint density at radius 3 is 2.40 bits per heavy atom. The molecule has 1 aromatic carbocycles. The third-order valence-electron chi connectivity index (χ3n) is 4.92. The number of esters is 1. The topological polar surface area (TPSA) is 75.7 Å². The molecule has 1 heterocycles. The fraction of sp³-hybridized carbons (Fsp3) is 0.526. The molecule has 1 aromatic rings. The summed E-state index contributed by atoms with van der Waals surface area (Å²) in [5, 5.41) is 2.74. The first-order valence-corrected chi connectivity index (χ1v) is 8.94. The largest absolute Gasteiger partial charge is 0.425 e. The molecule has 0 bridgehead atoms. The standard InChI is InChI=1S/C19H24N2O4/c1-13(22)20-18(14-5-2-3-6-14)19(24)25-16-10-8-15(9-11-16)21-12-4-7-17(21)23/h8-11,14,18H,2-7,12H2,1H3,(H,20,22). The Kier molecular flexibility index (Phi) is 5.36. The Bertz CT molecular complexity index is 650. The van der Waals surface area contributed by atoms with Crippen LogP contribution in [0.5, 0.6) is 5.75 Å². The number of hydrogen-bond donors (Lipinski definition) is 1. The summed E-state index contributed by atoms with van der Waals surface area (Å²) >= 11 is 0. The molecular weight excluding hydrogens is 320 g/mol. The molecule has 1 saturated heterocycles. The van der Waals surface area contributed by atoms with Crippen LogP contribution in [0.3, 0.4) is 0 Å². The monoisotopic (exact) mass is 344 g/mol. The van der Waals surface area contributed by atoms with Gasteiger partial charge in [0.2, 0.25) is 11.8 Å². The summed E-state index contributed by atoms with van der Waals surface area (Å²) in [7, 11) is 0. The zero-order valence-electron chi connectivity index (χ0n) is 14.5. The van der Waals surface area contributed by atoms with Gasteiger partial charge in [0.25, 0.3) is 0 Å². The molecular formula is C19H24N2O4. The second-order valence-corrected chi connectivity index (χ2v) is 6.79. The lowest BCUT2D eigenvalue weighted by molar-refractivity contribution is -0.140. The number of nitrogens with one attached hydrogen (secondary N) is 1. The molecule has 6 nitrogen and oxygen atoms in total. The van der Waals surface area contributed by atoms with Crippen molar-refractivity contribution in [3.8, 4) is 5.75 Å². The van der Waals surface area contributed by atoms with Gasteiger partial charge in [0.05, 0.1) is 0 Å². The van der Waals surface area contributed by atoms with Gasteiger partial charge >= 0.3 is 5.97 Å². The highest BCUT2D eigenvalue weighted by Gasteiger charge is 2.33. The van der Waals surface area contributed by atoms with E-state index in [9.17, 15) is 14.4 Å². The highest BCUT2D eigenvalue weighted by molar-refractivity contribution is 5.95. The Labute approximate surface area is 147 Å². The number of hydrogen-bond acceptors (Lipinski definition) is 4. The van der Waals surface area contributed by atoms with E-state index in [1.807, 2.05) is 0 Å². The van der Waals surface area contributed by atoms with E-state index in [4.69, 9.17) is 4.74 Å². The van der Waals surface area contributed by atoms with Gasteiger partial charge in [0, 0.05) is 25.6 Å². The van der Waals surface area contributed by atoms with E-state index < -0.39 is 12.0 Å². The Balaban J connectivity index is 1.66. The molecule has 1 N–H and O–H groups in total. The van der Waals surface area contributed by atoms with Gasteiger partial charge in [-0.15, -0.1) is 0 Å². The number of carbonyl (C=O) groups is 3. The number of benzene rings is 1. The quantitative estimate of drug-likeness (QED) is 0.657. The molecule has 25 heavy (non-hydrogen) atoms. The van der Waals surface area contributed by atoms with Gasteiger partial charge < -0.3 is 15.0 Å². The molecule has 0 aromatic heterocycles. The van der Waals surface area contributed by atoms with E-state index in [1.165, 1.54) is 6.92 Å². The maximum Gasteiger partial charge on any atom is 0.334 e. The van der Waals surface area contributed by atoms with Crippen LogP contribution in [-0.2, 0) is 14.4 Å². The van der Waals surface area contributed by atoms with E-state index in [2.05, 4.69) is 5.32 Å². The van der Waals surface area contributed by atoms with Crippen LogP contribution in [0.15, 0.2) is 24.3 Å². The molecule has 3 rings (SSSR count). The van der Waals surface area contributed by atoms with Crippen molar-refractivity contribution in [2.45, 2.75) is 51.5 Å². The molecule has 1 atom stereocenters.